The number of hydrogen-bond donors (Lipinski definition) is 2. The van der Waals surface area contributed by atoms with Crippen LogP contribution in [0.3, 0.4) is 0 Å². The molecule has 0 spiro atoms. The summed E-state index contributed by atoms with van der Waals surface area (Å²) in [5.41, 5.74) is 4.53. The van der Waals surface area contributed by atoms with Crippen molar-refractivity contribution in [2.24, 2.45) is 0 Å². The fourth-order valence-corrected chi connectivity index (χ4v) is 1.36. The zero-order chi connectivity index (χ0) is 13.4. The van der Waals surface area contributed by atoms with Crippen molar-refractivity contribution in [3.05, 3.63) is 29.3 Å². The van der Waals surface area contributed by atoms with Crippen LogP contribution in [0.5, 0.6) is 5.75 Å². The molecule has 0 bridgehead atoms. The Morgan fingerprint density at radius 2 is 1.89 bits per heavy atom. The first kappa shape index (κ1) is 14.3. The van der Waals surface area contributed by atoms with E-state index in [4.69, 9.17) is 16.3 Å². The monoisotopic (exact) mass is 270 g/mol. The highest BCUT2D eigenvalue weighted by Crippen LogP contribution is 2.22. The molecule has 0 saturated heterocycles. The van der Waals surface area contributed by atoms with Crippen LogP contribution in [0.1, 0.15) is 19.8 Å². The summed E-state index contributed by atoms with van der Waals surface area (Å²) < 4.78 is 5.20. The normalized spacial score (nSPS) is 9.67. The molecule has 98 valence electrons. The van der Waals surface area contributed by atoms with Gasteiger partial charge in [0.25, 0.3) is 5.91 Å². The van der Waals surface area contributed by atoms with Crippen LogP contribution in [-0.4, -0.2) is 18.4 Å². The number of nitrogens with one attached hydrogen (secondary N) is 2. The van der Waals surface area contributed by atoms with Gasteiger partial charge in [0.1, 0.15) is 5.75 Å². The first-order valence-electron chi connectivity index (χ1n) is 5.58. The summed E-state index contributed by atoms with van der Waals surface area (Å²) in [5, 5.41) is 0.431. The van der Waals surface area contributed by atoms with Crippen molar-refractivity contribution in [1.29, 1.82) is 0 Å². The SMILES string of the molecule is CCCC(=O)NNC(=O)COc1ccccc1Cl. The Morgan fingerprint density at radius 3 is 2.56 bits per heavy atom. The Hall–Kier alpha value is -1.75. The molecule has 0 atom stereocenters. The number of hydrazine groups is 1. The average Bonchev–Trinajstić information content (AvgIpc) is 2.36. The van der Waals surface area contributed by atoms with E-state index in [-0.39, 0.29) is 12.5 Å². The average molecular weight is 271 g/mol. The van der Waals surface area contributed by atoms with Gasteiger partial charge in [-0.05, 0) is 18.6 Å². The minimum absolute atomic E-state index is 0.212. The third-order valence-electron chi connectivity index (χ3n) is 2.01. The topological polar surface area (TPSA) is 67.4 Å². The van der Waals surface area contributed by atoms with Gasteiger partial charge in [-0.25, -0.2) is 0 Å². The predicted molar refractivity (Wildman–Crippen MR) is 68.1 cm³/mol. The second-order valence-electron chi connectivity index (χ2n) is 3.57. The molecule has 0 unspecified atom stereocenters. The molecule has 0 fully saturated rings. The molecule has 0 aromatic heterocycles. The molecule has 1 rings (SSSR count). The van der Waals surface area contributed by atoms with Crippen LogP contribution in [0.15, 0.2) is 24.3 Å². The predicted octanol–water partition coefficient (Wildman–Crippen LogP) is 1.67. The summed E-state index contributed by atoms with van der Waals surface area (Å²) in [6.07, 6.45) is 1.09. The molecule has 0 aliphatic rings. The fraction of sp³-hybridized carbons (Fsp3) is 0.333. The smallest absolute Gasteiger partial charge is 0.276 e. The minimum Gasteiger partial charge on any atom is -0.482 e. The second-order valence-corrected chi connectivity index (χ2v) is 3.97. The van der Waals surface area contributed by atoms with Gasteiger partial charge in [-0.1, -0.05) is 30.7 Å². The summed E-state index contributed by atoms with van der Waals surface area (Å²) in [4.78, 5) is 22.4. The fourth-order valence-electron chi connectivity index (χ4n) is 1.17. The maximum Gasteiger partial charge on any atom is 0.276 e. The summed E-state index contributed by atoms with van der Waals surface area (Å²) in [6.45, 7) is 1.66. The third-order valence-corrected chi connectivity index (χ3v) is 2.33. The van der Waals surface area contributed by atoms with Gasteiger partial charge in [0.2, 0.25) is 5.91 Å². The number of halogens is 1. The second kappa shape index (κ2) is 7.55. The van der Waals surface area contributed by atoms with E-state index in [0.717, 1.165) is 6.42 Å². The van der Waals surface area contributed by atoms with E-state index in [2.05, 4.69) is 10.9 Å². The van der Waals surface area contributed by atoms with E-state index in [9.17, 15) is 9.59 Å². The molecule has 6 heteroatoms. The molecule has 2 amide bonds. The van der Waals surface area contributed by atoms with E-state index in [1.54, 1.807) is 24.3 Å². The zero-order valence-corrected chi connectivity index (χ0v) is 10.8. The quantitative estimate of drug-likeness (QED) is 0.800. The molecular weight excluding hydrogens is 256 g/mol. The van der Waals surface area contributed by atoms with Gasteiger partial charge in [0, 0.05) is 6.42 Å². The first-order valence-corrected chi connectivity index (χ1v) is 5.96. The zero-order valence-electron chi connectivity index (χ0n) is 10.0. The van der Waals surface area contributed by atoms with Gasteiger partial charge in [-0.3, -0.25) is 20.4 Å². The standard InChI is InChI=1S/C12H15ClN2O3/c1-2-5-11(16)14-15-12(17)8-18-10-7-4-3-6-9(10)13/h3-4,6-7H,2,5,8H2,1H3,(H,14,16)(H,15,17). The highest BCUT2D eigenvalue weighted by molar-refractivity contribution is 6.32. The van der Waals surface area contributed by atoms with Crippen molar-refractivity contribution in [3.8, 4) is 5.75 Å². The van der Waals surface area contributed by atoms with Gasteiger partial charge >= 0.3 is 0 Å². The lowest BCUT2D eigenvalue weighted by atomic mass is 10.3. The van der Waals surface area contributed by atoms with E-state index >= 15 is 0 Å². The number of carbonyl (C=O) groups is 2. The number of rotatable bonds is 5. The van der Waals surface area contributed by atoms with Gasteiger partial charge < -0.3 is 4.74 Å². The van der Waals surface area contributed by atoms with Gasteiger partial charge in [0.05, 0.1) is 5.02 Å². The minimum atomic E-state index is -0.445. The van der Waals surface area contributed by atoms with E-state index in [0.29, 0.717) is 17.2 Å². The molecule has 1 aromatic carbocycles. The Bertz CT molecular complexity index is 424. The van der Waals surface area contributed by atoms with Crippen LogP contribution >= 0.6 is 11.6 Å². The van der Waals surface area contributed by atoms with Crippen LogP contribution in [0.4, 0.5) is 0 Å². The maximum atomic E-state index is 11.3. The Labute approximate surface area is 110 Å². The van der Waals surface area contributed by atoms with Crippen molar-refractivity contribution in [2.75, 3.05) is 6.61 Å². The summed E-state index contributed by atoms with van der Waals surface area (Å²) in [7, 11) is 0. The van der Waals surface area contributed by atoms with Gasteiger partial charge in [-0.2, -0.15) is 0 Å². The summed E-state index contributed by atoms with van der Waals surface area (Å²) in [6, 6.07) is 6.84. The lowest BCUT2D eigenvalue weighted by Gasteiger charge is -2.09. The molecule has 0 radical (unpaired) electrons. The molecule has 0 aliphatic carbocycles. The molecule has 0 heterocycles. The molecular formula is C12H15ClN2O3. The largest absolute Gasteiger partial charge is 0.482 e. The molecule has 0 aliphatic heterocycles. The first-order chi connectivity index (χ1) is 8.63. The van der Waals surface area contributed by atoms with E-state index < -0.39 is 5.91 Å². The Kier molecular flexibility index (Phi) is 6.00. The van der Waals surface area contributed by atoms with E-state index in [1.165, 1.54) is 0 Å². The third kappa shape index (κ3) is 5.05. The van der Waals surface area contributed by atoms with Crippen molar-refractivity contribution in [3.63, 3.8) is 0 Å². The number of amides is 2. The molecule has 0 saturated carbocycles. The highest BCUT2D eigenvalue weighted by atomic mass is 35.5. The lowest BCUT2D eigenvalue weighted by molar-refractivity contribution is -0.130. The van der Waals surface area contributed by atoms with Crippen molar-refractivity contribution >= 4 is 23.4 Å². The lowest BCUT2D eigenvalue weighted by Crippen LogP contribution is -2.43. The van der Waals surface area contributed by atoms with Crippen LogP contribution in [0, 0.1) is 0 Å². The van der Waals surface area contributed by atoms with Crippen molar-refractivity contribution in [2.45, 2.75) is 19.8 Å². The molecule has 18 heavy (non-hydrogen) atoms. The van der Waals surface area contributed by atoms with Crippen molar-refractivity contribution in [1.82, 2.24) is 10.9 Å². The van der Waals surface area contributed by atoms with Crippen LogP contribution < -0.4 is 15.6 Å². The number of benzene rings is 1. The van der Waals surface area contributed by atoms with Crippen molar-refractivity contribution < 1.29 is 14.3 Å². The van der Waals surface area contributed by atoms with Gasteiger partial charge in [-0.15, -0.1) is 0 Å². The number of para-hydroxylation sites is 1. The van der Waals surface area contributed by atoms with E-state index in [1.807, 2.05) is 6.92 Å². The number of carbonyl (C=O) groups excluding carboxylic acids is 2. The summed E-state index contributed by atoms with van der Waals surface area (Å²) >= 11 is 5.85. The van der Waals surface area contributed by atoms with Crippen LogP contribution in [-0.2, 0) is 9.59 Å². The van der Waals surface area contributed by atoms with Gasteiger partial charge in [0.15, 0.2) is 6.61 Å². The molecule has 5 nitrogen and oxygen atoms in total. The number of hydrogen-bond acceptors (Lipinski definition) is 3. The van der Waals surface area contributed by atoms with Crippen LogP contribution in [0.2, 0.25) is 5.02 Å². The molecule has 1 aromatic rings. The Morgan fingerprint density at radius 1 is 1.22 bits per heavy atom. The summed E-state index contributed by atoms with van der Waals surface area (Å²) in [5.74, 6) is -0.253. The highest BCUT2D eigenvalue weighted by Gasteiger charge is 2.06. The Balaban J connectivity index is 2.29. The van der Waals surface area contributed by atoms with Crippen LogP contribution in [0.25, 0.3) is 0 Å². The maximum absolute atomic E-state index is 11.3. The molecule has 2 N–H and O–H groups in total. The number of ether oxygens (including phenoxy) is 1.